The molecule has 3 N–H and O–H groups in total. The van der Waals surface area contributed by atoms with E-state index in [4.69, 9.17) is 0 Å². The molecule has 0 bridgehead atoms. The Hall–Kier alpha value is -4.14. The lowest BCUT2D eigenvalue weighted by molar-refractivity contribution is -0.114. The Morgan fingerprint density at radius 2 is 1.59 bits per heavy atom. The highest BCUT2D eigenvalue weighted by Gasteiger charge is 2.32. The molecule has 2 aromatic carbocycles. The standard InChI is InChI=1S/C23H25N5O4/c1-15(29)24-17-12-10-16(11-13-17)21(30)25-20-19(28(22(31)32)23(2,3)4)14-27(26-20)18-8-6-5-7-9-18/h5-14H,1-4H3,(H,24,29)(H,31,32)(H,25,26,30). The van der Waals surface area contributed by atoms with Gasteiger partial charge in [-0.3, -0.25) is 14.5 Å². The zero-order valence-corrected chi connectivity index (χ0v) is 18.3. The summed E-state index contributed by atoms with van der Waals surface area (Å²) in [4.78, 5) is 37.3. The zero-order valence-electron chi connectivity index (χ0n) is 18.3. The number of nitrogens with one attached hydrogen (secondary N) is 2. The molecule has 0 atom stereocenters. The first-order valence-corrected chi connectivity index (χ1v) is 9.93. The molecule has 166 valence electrons. The normalized spacial score (nSPS) is 11.0. The van der Waals surface area contributed by atoms with E-state index in [-0.39, 0.29) is 17.4 Å². The molecule has 9 nitrogen and oxygen atoms in total. The molecule has 0 unspecified atom stereocenters. The topological polar surface area (TPSA) is 117 Å². The fraction of sp³-hybridized carbons (Fsp3) is 0.217. The molecule has 3 rings (SSSR count). The Morgan fingerprint density at radius 3 is 2.12 bits per heavy atom. The first-order valence-electron chi connectivity index (χ1n) is 9.93. The maximum absolute atomic E-state index is 12.9. The SMILES string of the molecule is CC(=O)Nc1ccc(C(=O)Nc2nn(-c3ccccc3)cc2N(C(=O)O)C(C)(C)C)cc1. The van der Waals surface area contributed by atoms with Crippen LogP contribution in [0.3, 0.4) is 0 Å². The molecule has 3 amide bonds. The van der Waals surface area contributed by atoms with Crippen LogP contribution in [0.4, 0.5) is 22.0 Å². The van der Waals surface area contributed by atoms with E-state index in [2.05, 4.69) is 15.7 Å². The fourth-order valence-electron chi connectivity index (χ4n) is 3.17. The molecule has 0 aliphatic carbocycles. The number of carbonyl (C=O) groups is 3. The highest BCUT2D eigenvalue weighted by molar-refractivity contribution is 6.06. The van der Waals surface area contributed by atoms with Gasteiger partial charge in [0, 0.05) is 23.7 Å². The third kappa shape index (κ3) is 5.12. The lowest BCUT2D eigenvalue weighted by atomic mass is 10.1. The van der Waals surface area contributed by atoms with Crippen molar-refractivity contribution in [2.45, 2.75) is 33.2 Å². The number of para-hydroxylation sites is 1. The van der Waals surface area contributed by atoms with Crippen molar-refractivity contribution in [3.8, 4) is 5.69 Å². The van der Waals surface area contributed by atoms with E-state index in [1.807, 2.05) is 30.3 Å². The van der Waals surface area contributed by atoms with E-state index in [0.29, 0.717) is 16.9 Å². The van der Waals surface area contributed by atoms with Crippen LogP contribution in [0.5, 0.6) is 0 Å². The van der Waals surface area contributed by atoms with Gasteiger partial charge in [0.2, 0.25) is 5.91 Å². The van der Waals surface area contributed by atoms with Gasteiger partial charge in [0.25, 0.3) is 5.91 Å². The van der Waals surface area contributed by atoms with E-state index >= 15 is 0 Å². The summed E-state index contributed by atoms with van der Waals surface area (Å²) in [6.07, 6.45) is 0.407. The smallest absolute Gasteiger partial charge is 0.412 e. The van der Waals surface area contributed by atoms with Gasteiger partial charge < -0.3 is 15.7 Å². The summed E-state index contributed by atoms with van der Waals surface area (Å²) in [6, 6.07) is 15.5. The molecule has 0 saturated carbocycles. The molecular weight excluding hydrogens is 410 g/mol. The number of amides is 3. The second-order valence-electron chi connectivity index (χ2n) is 8.14. The molecule has 0 aliphatic heterocycles. The highest BCUT2D eigenvalue weighted by atomic mass is 16.4. The minimum absolute atomic E-state index is 0.113. The third-order valence-electron chi connectivity index (χ3n) is 4.52. The first-order chi connectivity index (χ1) is 15.1. The van der Waals surface area contributed by atoms with Crippen LogP contribution in [0.2, 0.25) is 0 Å². The van der Waals surface area contributed by atoms with Crippen LogP contribution in [0.1, 0.15) is 38.1 Å². The fourth-order valence-corrected chi connectivity index (χ4v) is 3.17. The average Bonchev–Trinajstić information content (AvgIpc) is 3.10. The van der Waals surface area contributed by atoms with Gasteiger partial charge in [0.15, 0.2) is 5.82 Å². The van der Waals surface area contributed by atoms with E-state index in [1.54, 1.807) is 51.2 Å². The first kappa shape index (κ1) is 22.5. The maximum atomic E-state index is 12.9. The Morgan fingerprint density at radius 1 is 0.969 bits per heavy atom. The number of anilines is 3. The second kappa shape index (κ2) is 8.93. The van der Waals surface area contributed by atoms with Gasteiger partial charge in [-0.25, -0.2) is 9.48 Å². The lowest BCUT2D eigenvalue weighted by Gasteiger charge is -2.32. The Balaban J connectivity index is 1.98. The van der Waals surface area contributed by atoms with E-state index in [0.717, 1.165) is 4.90 Å². The van der Waals surface area contributed by atoms with Gasteiger partial charge in [-0.2, -0.15) is 0 Å². The van der Waals surface area contributed by atoms with Crippen LogP contribution in [0.15, 0.2) is 60.8 Å². The van der Waals surface area contributed by atoms with Gasteiger partial charge in [0.05, 0.1) is 11.9 Å². The van der Waals surface area contributed by atoms with Crippen molar-refractivity contribution in [3.63, 3.8) is 0 Å². The third-order valence-corrected chi connectivity index (χ3v) is 4.52. The number of hydrogen-bond donors (Lipinski definition) is 3. The number of benzene rings is 2. The van der Waals surface area contributed by atoms with Crippen molar-refractivity contribution >= 4 is 35.1 Å². The predicted molar refractivity (Wildman–Crippen MR) is 123 cm³/mol. The Labute approximate surface area is 185 Å². The quantitative estimate of drug-likeness (QED) is 0.550. The highest BCUT2D eigenvalue weighted by Crippen LogP contribution is 2.32. The van der Waals surface area contributed by atoms with Crippen LogP contribution < -0.4 is 15.5 Å². The van der Waals surface area contributed by atoms with E-state index in [1.165, 1.54) is 11.6 Å². The van der Waals surface area contributed by atoms with Crippen molar-refractivity contribution in [2.24, 2.45) is 0 Å². The molecule has 0 radical (unpaired) electrons. The zero-order chi connectivity index (χ0) is 23.5. The van der Waals surface area contributed by atoms with Crippen molar-refractivity contribution in [1.29, 1.82) is 0 Å². The molecule has 9 heteroatoms. The van der Waals surface area contributed by atoms with Gasteiger partial charge in [0.1, 0.15) is 5.69 Å². The summed E-state index contributed by atoms with van der Waals surface area (Å²) >= 11 is 0. The number of carboxylic acid groups (broad SMARTS) is 1. The minimum Gasteiger partial charge on any atom is -0.465 e. The van der Waals surface area contributed by atoms with Crippen molar-refractivity contribution in [3.05, 3.63) is 66.4 Å². The van der Waals surface area contributed by atoms with Crippen LogP contribution >= 0.6 is 0 Å². The van der Waals surface area contributed by atoms with E-state index < -0.39 is 17.5 Å². The summed E-state index contributed by atoms with van der Waals surface area (Å²) < 4.78 is 1.52. The second-order valence-corrected chi connectivity index (χ2v) is 8.14. The number of nitrogens with zero attached hydrogens (tertiary/aromatic N) is 3. The molecule has 3 aromatic rings. The largest absolute Gasteiger partial charge is 0.465 e. The summed E-state index contributed by atoms with van der Waals surface area (Å²) in [5.74, 6) is -0.561. The lowest BCUT2D eigenvalue weighted by Crippen LogP contribution is -2.45. The predicted octanol–water partition coefficient (Wildman–Crippen LogP) is 4.37. The molecule has 1 heterocycles. The van der Waals surface area contributed by atoms with Crippen molar-refractivity contribution in [1.82, 2.24) is 9.78 Å². The number of rotatable bonds is 5. The van der Waals surface area contributed by atoms with Gasteiger partial charge in [-0.15, -0.1) is 5.10 Å². The Kier molecular flexibility index (Phi) is 6.29. The van der Waals surface area contributed by atoms with Crippen molar-refractivity contribution < 1.29 is 19.5 Å². The summed E-state index contributed by atoms with van der Waals surface area (Å²) in [5, 5.41) is 19.7. The van der Waals surface area contributed by atoms with Crippen LogP contribution in [0.25, 0.3) is 5.69 Å². The molecule has 0 spiro atoms. The molecule has 32 heavy (non-hydrogen) atoms. The Bertz CT molecular complexity index is 1130. The minimum atomic E-state index is -1.17. The summed E-state index contributed by atoms with van der Waals surface area (Å²) in [5.41, 5.74) is 1.07. The number of carbonyl (C=O) groups excluding carboxylic acids is 2. The molecule has 0 saturated heterocycles. The monoisotopic (exact) mass is 435 g/mol. The van der Waals surface area contributed by atoms with Gasteiger partial charge in [-0.1, -0.05) is 18.2 Å². The van der Waals surface area contributed by atoms with Gasteiger partial charge >= 0.3 is 6.09 Å². The summed E-state index contributed by atoms with van der Waals surface area (Å²) in [6.45, 7) is 6.67. The average molecular weight is 435 g/mol. The molecule has 1 aromatic heterocycles. The van der Waals surface area contributed by atoms with Crippen molar-refractivity contribution in [2.75, 3.05) is 15.5 Å². The van der Waals surface area contributed by atoms with Gasteiger partial charge in [-0.05, 0) is 57.2 Å². The van der Waals surface area contributed by atoms with Crippen LogP contribution in [-0.4, -0.2) is 38.3 Å². The summed E-state index contributed by atoms with van der Waals surface area (Å²) in [7, 11) is 0. The number of hydrogen-bond acceptors (Lipinski definition) is 4. The molecule has 0 aliphatic rings. The van der Waals surface area contributed by atoms with E-state index in [9.17, 15) is 19.5 Å². The molecule has 0 fully saturated rings. The number of aromatic nitrogens is 2. The molecular formula is C23H25N5O4. The van der Waals surface area contributed by atoms with Crippen LogP contribution in [0, 0.1) is 0 Å². The van der Waals surface area contributed by atoms with Crippen LogP contribution in [-0.2, 0) is 4.79 Å². The maximum Gasteiger partial charge on any atom is 0.412 e.